The Labute approximate surface area is 169 Å². The molecule has 2 amide bonds. The van der Waals surface area contributed by atoms with Gasteiger partial charge in [0.2, 0.25) is 11.8 Å². The summed E-state index contributed by atoms with van der Waals surface area (Å²) in [5, 5.41) is 15.5. The van der Waals surface area contributed by atoms with Crippen LogP contribution in [0.2, 0.25) is 0 Å². The van der Waals surface area contributed by atoms with Gasteiger partial charge in [0.1, 0.15) is 11.3 Å². The first-order chi connectivity index (χ1) is 14.1. The van der Waals surface area contributed by atoms with Gasteiger partial charge in [0.05, 0.1) is 5.92 Å². The van der Waals surface area contributed by atoms with Gasteiger partial charge in [0.15, 0.2) is 0 Å². The van der Waals surface area contributed by atoms with Crippen molar-refractivity contribution in [3.63, 3.8) is 0 Å². The van der Waals surface area contributed by atoms with E-state index < -0.39 is 11.5 Å². The normalized spacial score (nSPS) is 27.7. The van der Waals surface area contributed by atoms with E-state index in [1.807, 2.05) is 36.4 Å². The van der Waals surface area contributed by atoms with E-state index in [0.29, 0.717) is 19.4 Å². The van der Waals surface area contributed by atoms with Gasteiger partial charge in [-0.25, -0.2) is 0 Å². The maximum Gasteiger partial charge on any atom is 0.250 e. The van der Waals surface area contributed by atoms with Crippen LogP contribution in [0.3, 0.4) is 0 Å². The van der Waals surface area contributed by atoms with Gasteiger partial charge in [-0.2, -0.15) is 0 Å². The number of hydrogen-bond acceptors (Lipinski definition) is 4. The molecular formula is C23H25N3O3. The fraction of sp³-hybridized carbons (Fsp3) is 0.391. The molecule has 0 unspecified atom stereocenters. The standard InChI is InChI=1S/C23H25N3O3/c27-17-9-7-15(8-10-17)11-12-24-21(28)19-14-16-4-3-13-26(16)23(19)18-5-1-2-6-20(18)25-22(23)29/h1-2,5-10,16,19,27H,3-4,11-14H2,(H,24,28)(H,25,29)/t16-,19+,23+/m1/s1. The molecule has 3 heterocycles. The highest BCUT2D eigenvalue weighted by atomic mass is 16.3. The topological polar surface area (TPSA) is 81.7 Å². The third-order valence-corrected chi connectivity index (χ3v) is 6.74. The molecule has 0 aromatic heterocycles. The molecule has 3 aliphatic rings. The molecule has 150 valence electrons. The van der Waals surface area contributed by atoms with Crippen LogP contribution in [0.15, 0.2) is 48.5 Å². The van der Waals surface area contributed by atoms with Crippen molar-refractivity contribution >= 4 is 17.5 Å². The lowest BCUT2D eigenvalue weighted by Crippen LogP contribution is -2.54. The predicted molar refractivity (Wildman–Crippen MR) is 109 cm³/mol. The van der Waals surface area contributed by atoms with Gasteiger partial charge in [-0.15, -0.1) is 0 Å². The lowest BCUT2D eigenvalue weighted by Gasteiger charge is -2.36. The van der Waals surface area contributed by atoms with Crippen LogP contribution in [0.5, 0.6) is 5.75 Å². The number of carbonyl (C=O) groups is 2. The molecule has 2 saturated heterocycles. The second-order valence-electron chi connectivity index (χ2n) is 8.25. The number of aromatic hydroxyl groups is 1. The summed E-state index contributed by atoms with van der Waals surface area (Å²) < 4.78 is 0. The van der Waals surface area contributed by atoms with Crippen LogP contribution in [-0.4, -0.2) is 41.0 Å². The minimum absolute atomic E-state index is 0.0509. The SMILES string of the molecule is O=C(NCCc1ccc(O)cc1)[C@@H]1C[C@H]2CCCN2[C@]12C(=O)Nc1ccccc12. The Balaban J connectivity index is 1.39. The third kappa shape index (κ3) is 2.74. The van der Waals surface area contributed by atoms with Crippen LogP contribution in [0.25, 0.3) is 0 Å². The van der Waals surface area contributed by atoms with Gasteiger partial charge < -0.3 is 15.7 Å². The van der Waals surface area contributed by atoms with E-state index in [2.05, 4.69) is 15.5 Å². The molecule has 2 aromatic rings. The largest absolute Gasteiger partial charge is 0.508 e. The van der Waals surface area contributed by atoms with Crippen molar-refractivity contribution in [2.75, 3.05) is 18.4 Å². The third-order valence-electron chi connectivity index (χ3n) is 6.74. The minimum Gasteiger partial charge on any atom is -0.508 e. The zero-order chi connectivity index (χ0) is 20.0. The van der Waals surface area contributed by atoms with Crippen molar-refractivity contribution in [2.24, 2.45) is 5.92 Å². The zero-order valence-corrected chi connectivity index (χ0v) is 16.2. The van der Waals surface area contributed by atoms with Crippen LogP contribution >= 0.6 is 0 Å². The van der Waals surface area contributed by atoms with E-state index in [1.165, 1.54) is 0 Å². The number of fused-ring (bicyclic) bond motifs is 4. The number of nitrogens with one attached hydrogen (secondary N) is 2. The Morgan fingerprint density at radius 2 is 2.00 bits per heavy atom. The minimum atomic E-state index is -0.889. The first kappa shape index (κ1) is 18.2. The van der Waals surface area contributed by atoms with E-state index in [0.717, 1.165) is 36.2 Å². The van der Waals surface area contributed by atoms with Crippen molar-refractivity contribution in [3.8, 4) is 5.75 Å². The molecule has 0 saturated carbocycles. The van der Waals surface area contributed by atoms with Crippen molar-refractivity contribution < 1.29 is 14.7 Å². The van der Waals surface area contributed by atoms with Crippen LogP contribution in [0.4, 0.5) is 5.69 Å². The lowest BCUT2D eigenvalue weighted by atomic mass is 9.78. The van der Waals surface area contributed by atoms with Gasteiger partial charge >= 0.3 is 0 Å². The predicted octanol–water partition coefficient (Wildman–Crippen LogP) is 2.38. The van der Waals surface area contributed by atoms with Crippen molar-refractivity contribution in [3.05, 3.63) is 59.7 Å². The van der Waals surface area contributed by atoms with Crippen LogP contribution in [-0.2, 0) is 21.5 Å². The second-order valence-corrected chi connectivity index (χ2v) is 8.25. The van der Waals surface area contributed by atoms with Gasteiger partial charge in [0, 0.05) is 23.8 Å². The number of rotatable bonds is 4. The number of nitrogens with zero attached hydrogens (tertiary/aromatic N) is 1. The molecular weight excluding hydrogens is 366 g/mol. The molecule has 0 aliphatic carbocycles. The maximum absolute atomic E-state index is 13.3. The summed E-state index contributed by atoms with van der Waals surface area (Å²) in [6.45, 7) is 1.35. The summed E-state index contributed by atoms with van der Waals surface area (Å²) in [5.41, 5.74) is 1.93. The number of phenolic OH excluding ortho intramolecular Hbond substituents is 1. The highest BCUT2D eigenvalue weighted by Crippen LogP contribution is 2.55. The quantitative estimate of drug-likeness (QED) is 0.748. The first-order valence-corrected chi connectivity index (χ1v) is 10.3. The van der Waals surface area contributed by atoms with Gasteiger partial charge in [0.25, 0.3) is 0 Å². The molecule has 3 aliphatic heterocycles. The fourth-order valence-electron chi connectivity index (χ4n) is 5.50. The number of amides is 2. The smallest absolute Gasteiger partial charge is 0.250 e. The van der Waals surface area contributed by atoms with E-state index in [9.17, 15) is 14.7 Å². The van der Waals surface area contributed by atoms with Crippen LogP contribution in [0, 0.1) is 5.92 Å². The summed E-state index contributed by atoms with van der Waals surface area (Å²) in [7, 11) is 0. The van der Waals surface area contributed by atoms with Gasteiger partial charge in [-0.3, -0.25) is 14.5 Å². The molecule has 3 N–H and O–H groups in total. The highest BCUT2D eigenvalue weighted by molar-refractivity contribution is 6.09. The Morgan fingerprint density at radius 3 is 2.83 bits per heavy atom. The average molecular weight is 391 g/mol. The number of phenols is 1. The number of para-hydroxylation sites is 1. The molecule has 6 heteroatoms. The molecule has 6 nitrogen and oxygen atoms in total. The summed E-state index contributed by atoms with van der Waals surface area (Å²) in [6, 6.07) is 15.1. The number of benzene rings is 2. The van der Waals surface area contributed by atoms with E-state index in [-0.39, 0.29) is 23.6 Å². The Kier molecular flexibility index (Phi) is 4.32. The molecule has 29 heavy (non-hydrogen) atoms. The average Bonchev–Trinajstić information content (AvgIpc) is 3.38. The Morgan fingerprint density at radius 1 is 1.21 bits per heavy atom. The van der Waals surface area contributed by atoms with Crippen LogP contribution < -0.4 is 10.6 Å². The Bertz CT molecular complexity index is 958. The van der Waals surface area contributed by atoms with Crippen molar-refractivity contribution in [2.45, 2.75) is 37.3 Å². The van der Waals surface area contributed by atoms with Crippen LogP contribution in [0.1, 0.15) is 30.4 Å². The molecule has 1 spiro atoms. The molecule has 5 rings (SSSR count). The molecule has 0 bridgehead atoms. The lowest BCUT2D eigenvalue weighted by molar-refractivity contribution is -0.137. The van der Waals surface area contributed by atoms with Gasteiger partial charge in [-0.1, -0.05) is 30.3 Å². The summed E-state index contributed by atoms with van der Waals surface area (Å²) >= 11 is 0. The number of anilines is 1. The van der Waals surface area contributed by atoms with Gasteiger partial charge in [-0.05, 0) is 56.0 Å². The fourth-order valence-corrected chi connectivity index (χ4v) is 5.50. The van der Waals surface area contributed by atoms with E-state index in [4.69, 9.17) is 0 Å². The summed E-state index contributed by atoms with van der Waals surface area (Å²) in [5.74, 6) is -0.278. The monoisotopic (exact) mass is 391 g/mol. The molecule has 2 aromatic carbocycles. The first-order valence-electron chi connectivity index (χ1n) is 10.3. The Hall–Kier alpha value is -2.86. The number of carbonyl (C=O) groups excluding carboxylic acids is 2. The summed E-state index contributed by atoms with van der Waals surface area (Å²) in [4.78, 5) is 28.8. The van der Waals surface area contributed by atoms with Crippen molar-refractivity contribution in [1.82, 2.24) is 10.2 Å². The van der Waals surface area contributed by atoms with Crippen molar-refractivity contribution in [1.29, 1.82) is 0 Å². The number of hydrogen-bond donors (Lipinski definition) is 3. The van der Waals surface area contributed by atoms with E-state index >= 15 is 0 Å². The maximum atomic E-state index is 13.3. The van der Waals surface area contributed by atoms with E-state index in [1.54, 1.807) is 12.1 Å². The zero-order valence-electron chi connectivity index (χ0n) is 16.2. The molecule has 3 atom stereocenters. The second kappa shape index (κ2) is 6.88. The highest BCUT2D eigenvalue weighted by Gasteiger charge is 2.65. The summed E-state index contributed by atoms with van der Waals surface area (Å²) in [6.07, 6.45) is 3.50. The molecule has 0 radical (unpaired) electrons. The molecule has 2 fully saturated rings.